The lowest BCUT2D eigenvalue weighted by Crippen LogP contribution is -2.14. The molecule has 0 atom stereocenters. The Morgan fingerprint density at radius 2 is 2.00 bits per heavy atom. The number of nitrogens with zero attached hydrogens (tertiary/aromatic N) is 4. The number of amides is 1. The first kappa shape index (κ1) is 19.2. The quantitative estimate of drug-likeness (QED) is 0.627. The summed E-state index contributed by atoms with van der Waals surface area (Å²) in [5.74, 6) is 0.130. The predicted octanol–water partition coefficient (Wildman–Crippen LogP) is 3.36. The van der Waals surface area contributed by atoms with Gasteiger partial charge in [0.25, 0.3) is 5.91 Å². The minimum atomic E-state index is -0.368. The van der Waals surface area contributed by atoms with Crippen LogP contribution in [0, 0.1) is 6.92 Å². The number of aromatic nitrogens is 4. The molecule has 1 N–H and O–H groups in total. The van der Waals surface area contributed by atoms with Crippen molar-refractivity contribution in [1.82, 2.24) is 20.2 Å². The number of ether oxygens (including phenoxy) is 2. The number of aryl methyl sites for hydroxylation is 1. The Bertz CT molecular complexity index is 979. The number of anilines is 1. The molecule has 140 valence electrons. The topological polar surface area (TPSA) is 99.1 Å². The molecule has 3 rings (SSSR count). The van der Waals surface area contributed by atoms with Crippen LogP contribution in [0.25, 0.3) is 11.1 Å². The lowest BCUT2D eigenvalue weighted by molar-refractivity contribution is 0.102. The number of nitrogens with one attached hydrogen (secondary N) is 1. The largest absolute Gasteiger partial charge is 0.494 e. The molecule has 8 nitrogen and oxygen atoms in total. The highest BCUT2D eigenvalue weighted by molar-refractivity contribution is 7.15. The van der Waals surface area contributed by atoms with Crippen molar-refractivity contribution in [1.29, 1.82) is 0 Å². The summed E-state index contributed by atoms with van der Waals surface area (Å²) in [5.41, 5.74) is 2.37. The standard InChI is InChI=1S/C17H16ClN5O3S/c1-9-4-10(11-5-14(18)20-7-13(11)26-3)12(6-19-9)16(24)21-17-23-22-15(27-17)8-25-2/h4-7H,8H2,1-3H3,(H,21,23,24). The number of methoxy groups -OCH3 is 2. The van der Waals surface area contributed by atoms with Crippen LogP contribution in [0.5, 0.6) is 5.75 Å². The van der Waals surface area contributed by atoms with Gasteiger partial charge >= 0.3 is 0 Å². The maximum atomic E-state index is 12.8. The van der Waals surface area contributed by atoms with Gasteiger partial charge in [0.05, 0.1) is 18.9 Å². The summed E-state index contributed by atoms with van der Waals surface area (Å²) in [4.78, 5) is 21.1. The van der Waals surface area contributed by atoms with Gasteiger partial charge in [0.15, 0.2) is 0 Å². The molecule has 0 aliphatic carbocycles. The molecule has 0 saturated carbocycles. The second-order valence-electron chi connectivity index (χ2n) is 5.47. The van der Waals surface area contributed by atoms with Gasteiger partial charge in [0, 0.05) is 30.1 Å². The summed E-state index contributed by atoms with van der Waals surface area (Å²) in [6.45, 7) is 2.17. The summed E-state index contributed by atoms with van der Waals surface area (Å²) in [5, 5.41) is 12.0. The van der Waals surface area contributed by atoms with Crippen LogP contribution in [-0.4, -0.2) is 40.3 Å². The number of carbonyl (C=O) groups excluding carboxylic acids is 1. The van der Waals surface area contributed by atoms with Crippen LogP contribution in [0.1, 0.15) is 21.1 Å². The summed E-state index contributed by atoms with van der Waals surface area (Å²) in [6.07, 6.45) is 3.02. The second-order valence-corrected chi connectivity index (χ2v) is 6.92. The fraction of sp³-hybridized carbons (Fsp3) is 0.235. The third kappa shape index (κ3) is 4.38. The zero-order valence-electron chi connectivity index (χ0n) is 14.8. The van der Waals surface area contributed by atoms with Gasteiger partial charge in [-0.2, -0.15) is 0 Å². The van der Waals surface area contributed by atoms with E-state index < -0.39 is 0 Å². The molecule has 3 aromatic rings. The van der Waals surface area contributed by atoms with Crippen LogP contribution in [0.4, 0.5) is 5.13 Å². The Balaban J connectivity index is 1.99. The summed E-state index contributed by atoms with van der Waals surface area (Å²) in [7, 11) is 3.10. The summed E-state index contributed by atoms with van der Waals surface area (Å²) < 4.78 is 10.4. The van der Waals surface area contributed by atoms with E-state index >= 15 is 0 Å². The minimum Gasteiger partial charge on any atom is -0.494 e. The van der Waals surface area contributed by atoms with Gasteiger partial charge in [-0.25, -0.2) is 4.98 Å². The van der Waals surface area contributed by atoms with Crippen molar-refractivity contribution < 1.29 is 14.3 Å². The van der Waals surface area contributed by atoms with Crippen molar-refractivity contribution in [3.8, 4) is 16.9 Å². The van der Waals surface area contributed by atoms with Gasteiger partial charge in [0.1, 0.15) is 22.5 Å². The van der Waals surface area contributed by atoms with Crippen LogP contribution in [0.2, 0.25) is 5.15 Å². The SMILES string of the molecule is COCc1nnc(NC(=O)c2cnc(C)cc2-c2cc(Cl)ncc2OC)s1. The fourth-order valence-corrected chi connectivity index (χ4v) is 3.27. The Hall–Kier alpha value is -2.62. The fourth-order valence-electron chi connectivity index (χ4n) is 2.40. The molecular weight excluding hydrogens is 390 g/mol. The van der Waals surface area contributed by atoms with Gasteiger partial charge in [-0.05, 0) is 19.1 Å². The highest BCUT2D eigenvalue weighted by Crippen LogP contribution is 2.34. The Labute approximate surface area is 164 Å². The first-order valence-corrected chi connectivity index (χ1v) is 9.00. The van der Waals surface area contributed by atoms with E-state index in [1.165, 1.54) is 30.8 Å². The first-order valence-electron chi connectivity index (χ1n) is 7.81. The molecule has 0 aliphatic rings. The summed E-state index contributed by atoms with van der Waals surface area (Å²) >= 11 is 7.29. The molecule has 3 aromatic heterocycles. The highest BCUT2D eigenvalue weighted by Gasteiger charge is 2.19. The number of hydrogen-bond acceptors (Lipinski definition) is 8. The maximum absolute atomic E-state index is 12.8. The van der Waals surface area contributed by atoms with Gasteiger partial charge < -0.3 is 9.47 Å². The molecule has 27 heavy (non-hydrogen) atoms. The average Bonchev–Trinajstić information content (AvgIpc) is 3.08. The second kappa shape index (κ2) is 8.38. The Kier molecular flexibility index (Phi) is 5.94. The van der Waals surface area contributed by atoms with Crippen LogP contribution in [-0.2, 0) is 11.3 Å². The smallest absolute Gasteiger partial charge is 0.259 e. The monoisotopic (exact) mass is 405 g/mol. The van der Waals surface area contributed by atoms with Crippen molar-refractivity contribution in [3.63, 3.8) is 0 Å². The van der Waals surface area contributed by atoms with Crippen molar-refractivity contribution >= 4 is 34.0 Å². The predicted molar refractivity (Wildman–Crippen MR) is 102 cm³/mol. The number of halogens is 1. The number of pyridine rings is 2. The number of hydrogen-bond donors (Lipinski definition) is 1. The van der Waals surface area contributed by atoms with Gasteiger partial charge in [-0.3, -0.25) is 15.1 Å². The van der Waals surface area contributed by atoms with Crippen LogP contribution >= 0.6 is 22.9 Å². The third-order valence-corrected chi connectivity index (χ3v) is 4.60. The van der Waals surface area contributed by atoms with Gasteiger partial charge in [-0.1, -0.05) is 22.9 Å². The molecule has 0 aromatic carbocycles. The normalized spacial score (nSPS) is 10.7. The zero-order chi connectivity index (χ0) is 19.4. The molecule has 1 amide bonds. The lowest BCUT2D eigenvalue weighted by Gasteiger charge is -2.13. The van der Waals surface area contributed by atoms with Crippen molar-refractivity contribution in [2.45, 2.75) is 13.5 Å². The average molecular weight is 406 g/mol. The summed E-state index contributed by atoms with van der Waals surface area (Å²) in [6, 6.07) is 3.44. The molecule has 0 bridgehead atoms. The molecule has 10 heteroatoms. The molecule has 0 saturated heterocycles. The molecule has 0 radical (unpaired) electrons. The van der Waals surface area contributed by atoms with E-state index in [9.17, 15) is 4.79 Å². The van der Waals surface area contributed by atoms with E-state index in [0.29, 0.717) is 44.3 Å². The van der Waals surface area contributed by atoms with E-state index in [0.717, 1.165) is 5.69 Å². The van der Waals surface area contributed by atoms with Gasteiger partial charge in [0.2, 0.25) is 5.13 Å². The molecule has 0 fully saturated rings. The molecule has 0 aliphatic heterocycles. The van der Waals surface area contributed by atoms with E-state index in [2.05, 4.69) is 25.5 Å². The van der Waals surface area contributed by atoms with Crippen molar-refractivity contribution in [2.75, 3.05) is 19.5 Å². The van der Waals surface area contributed by atoms with Crippen LogP contribution in [0.15, 0.2) is 24.5 Å². The van der Waals surface area contributed by atoms with E-state index in [1.807, 2.05) is 6.92 Å². The van der Waals surface area contributed by atoms with E-state index in [4.69, 9.17) is 21.1 Å². The zero-order valence-corrected chi connectivity index (χ0v) is 16.4. The third-order valence-electron chi connectivity index (χ3n) is 3.58. The molecule has 0 unspecified atom stereocenters. The number of carbonyl (C=O) groups is 1. The Morgan fingerprint density at radius 3 is 2.74 bits per heavy atom. The van der Waals surface area contributed by atoms with E-state index in [-0.39, 0.29) is 5.91 Å². The van der Waals surface area contributed by atoms with Crippen molar-refractivity contribution in [2.24, 2.45) is 0 Å². The molecular formula is C17H16ClN5O3S. The molecule has 3 heterocycles. The first-order chi connectivity index (χ1) is 13.0. The maximum Gasteiger partial charge on any atom is 0.259 e. The lowest BCUT2D eigenvalue weighted by atomic mass is 10.0. The van der Waals surface area contributed by atoms with Gasteiger partial charge in [-0.15, -0.1) is 10.2 Å². The van der Waals surface area contributed by atoms with Crippen molar-refractivity contribution in [3.05, 3.63) is 45.9 Å². The highest BCUT2D eigenvalue weighted by atomic mass is 35.5. The van der Waals surface area contributed by atoms with Crippen LogP contribution < -0.4 is 10.1 Å². The minimum absolute atomic E-state index is 0.292. The molecule has 0 spiro atoms. The van der Waals surface area contributed by atoms with E-state index in [1.54, 1.807) is 19.2 Å². The Morgan fingerprint density at radius 1 is 1.19 bits per heavy atom. The number of rotatable bonds is 6. The van der Waals surface area contributed by atoms with Crippen LogP contribution in [0.3, 0.4) is 0 Å².